The van der Waals surface area contributed by atoms with Crippen LogP contribution >= 0.6 is 0 Å². The molecule has 1 unspecified atom stereocenters. The fourth-order valence-corrected chi connectivity index (χ4v) is 7.62. The largest absolute Gasteiger partial charge is 0.481 e. The minimum atomic E-state index is -3.92. The Kier molecular flexibility index (Phi) is 5.48. The summed E-state index contributed by atoms with van der Waals surface area (Å²) in [6.45, 7) is 4.62. The molecule has 7 nitrogen and oxygen atoms in total. The lowest BCUT2D eigenvalue weighted by atomic mass is 10.1. The third kappa shape index (κ3) is 4.45. The summed E-state index contributed by atoms with van der Waals surface area (Å²) in [4.78, 5) is 11.8. The van der Waals surface area contributed by atoms with E-state index >= 15 is 0 Å². The molecule has 3 rings (SSSR count). The molecule has 0 N–H and O–H groups in total. The van der Waals surface area contributed by atoms with Gasteiger partial charge in [-0.3, -0.25) is 0 Å². The van der Waals surface area contributed by atoms with E-state index in [1.54, 1.807) is 39.0 Å². The van der Waals surface area contributed by atoms with Gasteiger partial charge in [-0.2, -0.15) is 0 Å². The third-order valence-corrected chi connectivity index (χ3v) is 8.39. The summed E-state index contributed by atoms with van der Waals surface area (Å²) < 4.78 is 62.2. The zero-order chi connectivity index (χ0) is 21.4. The van der Waals surface area contributed by atoms with Crippen molar-refractivity contribution in [1.29, 1.82) is 0 Å². The minimum Gasteiger partial charge on any atom is -0.481 e. The zero-order valence-electron chi connectivity index (χ0n) is 16.3. The molecule has 0 aromatic heterocycles. The van der Waals surface area contributed by atoms with Crippen LogP contribution in [0.5, 0.6) is 5.75 Å². The molecule has 0 fully saturated rings. The molecule has 0 bridgehead atoms. The van der Waals surface area contributed by atoms with Crippen LogP contribution in [0.15, 0.2) is 58.3 Å². The van der Waals surface area contributed by atoms with E-state index in [2.05, 4.69) is 0 Å². The predicted octanol–water partition coefficient (Wildman–Crippen LogP) is 2.71. The fraction of sp³-hybridized carbons (Fsp3) is 0.350. The zero-order valence-corrected chi connectivity index (χ0v) is 17.9. The van der Waals surface area contributed by atoms with Crippen molar-refractivity contribution in [2.45, 2.75) is 41.4 Å². The Morgan fingerprint density at radius 1 is 1.07 bits per heavy atom. The van der Waals surface area contributed by atoms with Crippen LogP contribution in [0.4, 0.5) is 0 Å². The van der Waals surface area contributed by atoms with Gasteiger partial charge in [0, 0.05) is 0 Å². The molecular formula is C20H22O7S2. The van der Waals surface area contributed by atoms with Crippen LogP contribution in [0.25, 0.3) is 0 Å². The van der Waals surface area contributed by atoms with Crippen LogP contribution in [0.1, 0.15) is 31.6 Å². The van der Waals surface area contributed by atoms with Gasteiger partial charge in [0.05, 0.1) is 10.6 Å². The lowest BCUT2D eigenvalue weighted by Gasteiger charge is -2.19. The molecule has 0 amide bonds. The number of hydrogen-bond donors (Lipinski definition) is 0. The second-order valence-corrected chi connectivity index (χ2v) is 11.8. The molecule has 0 radical (unpaired) electrons. The Morgan fingerprint density at radius 2 is 1.72 bits per heavy atom. The highest BCUT2D eigenvalue weighted by atomic mass is 32.2. The van der Waals surface area contributed by atoms with Gasteiger partial charge in [-0.05, 0) is 44.5 Å². The lowest BCUT2D eigenvalue weighted by molar-refractivity contribution is -0.157. The first kappa shape index (κ1) is 21.3. The molecule has 0 spiro atoms. The van der Waals surface area contributed by atoms with Gasteiger partial charge in [0.15, 0.2) is 26.3 Å². The molecule has 1 atom stereocenters. The van der Waals surface area contributed by atoms with Gasteiger partial charge in [-0.1, -0.05) is 30.3 Å². The Morgan fingerprint density at radius 3 is 2.34 bits per heavy atom. The molecular weight excluding hydrogens is 416 g/mol. The first-order chi connectivity index (χ1) is 13.4. The summed E-state index contributed by atoms with van der Waals surface area (Å²) in [5.74, 6) is -1.29. The van der Waals surface area contributed by atoms with Gasteiger partial charge in [0.1, 0.15) is 21.5 Å². The minimum absolute atomic E-state index is 0.0492. The highest BCUT2D eigenvalue weighted by Crippen LogP contribution is 2.45. The van der Waals surface area contributed by atoms with E-state index in [4.69, 9.17) is 9.47 Å². The summed E-state index contributed by atoms with van der Waals surface area (Å²) >= 11 is 0. The van der Waals surface area contributed by atoms with Gasteiger partial charge in [0.2, 0.25) is 0 Å². The van der Waals surface area contributed by atoms with Crippen molar-refractivity contribution in [2.24, 2.45) is 0 Å². The molecule has 1 heterocycles. The monoisotopic (exact) mass is 438 g/mol. The van der Waals surface area contributed by atoms with Gasteiger partial charge in [0.25, 0.3) is 0 Å². The van der Waals surface area contributed by atoms with Crippen LogP contribution in [0, 0.1) is 0 Å². The topological polar surface area (TPSA) is 104 Å². The van der Waals surface area contributed by atoms with Crippen molar-refractivity contribution in [3.63, 3.8) is 0 Å². The second-order valence-electron chi connectivity index (χ2n) is 7.68. The number of fused-ring (bicyclic) bond motifs is 1. The predicted molar refractivity (Wildman–Crippen MR) is 106 cm³/mol. The molecule has 156 valence electrons. The number of esters is 1. The van der Waals surface area contributed by atoms with Gasteiger partial charge >= 0.3 is 5.97 Å². The van der Waals surface area contributed by atoms with Crippen LogP contribution in [0.3, 0.4) is 0 Å². The lowest BCUT2D eigenvalue weighted by Crippen LogP contribution is -2.27. The molecule has 0 aliphatic carbocycles. The number of rotatable bonds is 5. The van der Waals surface area contributed by atoms with Crippen LogP contribution < -0.4 is 4.74 Å². The van der Waals surface area contributed by atoms with E-state index in [1.807, 2.05) is 0 Å². The number of hydrogen-bond acceptors (Lipinski definition) is 7. The number of ether oxygens (including phenoxy) is 2. The average molecular weight is 439 g/mol. The Balaban J connectivity index is 1.96. The van der Waals surface area contributed by atoms with E-state index in [-0.39, 0.29) is 21.1 Å². The number of carbonyl (C=O) groups excluding carboxylic acids is 1. The number of sulfone groups is 2. The summed E-state index contributed by atoms with van der Waals surface area (Å²) in [5.41, 5.74) is -0.560. The molecule has 29 heavy (non-hydrogen) atoms. The maximum Gasteiger partial charge on any atom is 0.344 e. The fourth-order valence-electron chi connectivity index (χ4n) is 3.14. The Labute approximate surface area is 170 Å². The number of carbonyl (C=O) groups is 1. The first-order valence-corrected chi connectivity index (χ1v) is 12.1. The molecule has 2 aromatic carbocycles. The van der Waals surface area contributed by atoms with Crippen molar-refractivity contribution in [2.75, 3.05) is 12.4 Å². The SMILES string of the molecule is CC(C)(C)OC(=O)COc1cccc2c1S(=O)(=O)CC2S(=O)(=O)c1ccccc1. The van der Waals surface area contributed by atoms with Crippen LogP contribution in [0.2, 0.25) is 0 Å². The third-order valence-electron chi connectivity index (χ3n) is 4.25. The van der Waals surface area contributed by atoms with Gasteiger partial charge < -0.3 is 9.47 Å². The summed E-state index contributed by atoms with van der Waals surface area (Å²) in [6, 6.07) is 12.1. The van der Waals surface area contributed by atoms with Crippen molar-refractivity contribution in [3.8, 4) is 5.75 Å². The molecule has 1 aliphatic rings. The smallest absolute Gasteiger partial charge is 0.344 e. The van der Waals surface area contributed by atoms with Crippen molar-refractivity contribution >= 4 is 25.6 Å². The first-order valence-electron chi connectivity index (χ1n) is 8.91. The summed E-state index contributed by atoms with van der Waals surface area (Å²) in [7, 11) is -7.84. The van der Waals surface area contributed by atoms with Crippen molar-refractivity contribution < 1.29 is 31.1 Å². The van der Waals surface area contributed by atoms with Gasteiger partial charge in [-0.25, -0.2) is 21.6 Å². The standard InChI is InChI=1S/C20H22O7S2/c1-20(2,3)27-18(21)12-26-16-11-7-10-15-17(13-28(22,23)19(15)16)29(24,25)14-8-5-4-6-9-14/h4-11,17H,12-13H2,1-3H3. The van der Waals surface area contributed by atoms with E-state index in [1.165, 1.54) is 30.3 Å². The van der Waals surface area contributed by atoms with E-state index < -0.39 is 48.9 Å². The summed E-state index contributed by atoms with van der Waals surface area (Å²) in [6.07, 6.45) is 0. The van der Waals surface area contributed by atoms with Crippen molar-refractivity contribution in [1.82, 2.24) is 0 Å². The van der Waals surface area contributed by atoms with E-state index in [0.29, 0.717) is 0 Å². The highest BCUT2D eigenvalue weighted by molar-refractivity contribution is 7.96. The van der Waals surface area contributed by atoms with Gasteiger partial charge in [-0.15, -0.1) is 0 Å². The second kappa shape index (κ2) is 7.46. The normalized spacial score (nSPS) is 18.1. The average Bonchev–Trinajstić information content (AvgIpc) is 2.92. The molecule has 0 saturated heterocycles. The maximum atomic E-state index is 13.0. The summed E-state index contributed by atoms with van der Waals surface area (Å²) in [5, 5.41) is -1.24. The Hall–Kier alpha value is -2.39. The van der Waals surface area contributed by atoms with Crippen LogP contribution in [-0.4, -0.2) is 40.8 Å². The maximum absolute atomic E-state index is 13.0. The quantitative estimate of drug-likeness (QED) is 0.661. The Bertz CT molecular complexity index is 1130. The number of benzene rings is 2. The van der Waals surface area contributed by atoms with Crippen molar-refractivity contribution in [3.05, 3.63) is 54.1 Å². The van der Waals surface area contributed by atoms with E-state index in [9.17, 15) is 21.6 Å². The molecule has 1 aliphatic heterocycles. The molecule has 0 saturated carbocycles. The van der Waals surface area contributed by atoms with Crippen LogP contribution in [-0.2, 0) is 29.2 Å². The van der Waals surface area contributed by atoms with E-state index in [0.717, 1.165) is 0 Å². The highest BCUT2D eigenvalue weighted by Gasteiger charge is 2.44. The molecule has 9 heteroatoms. The molecule has 2 aromatic rings.